The molecule has 1 aliphatic rings. The van der Waals surface area contributed by atoms with Crippen molar-refractivity contribution in [2.24, 2.45) is 0 Å². The second-order valence-corrected chi connectivity index (χ2v) is 8.06. The van der Waals surface area contributed by atoms with E-state index in [2.05, 4.69) is 39.8 Å². The summed E-state index contributed by atoms with van der Waals surface area (Å²) in [5.74, 6) is 0.753. The first-order chi connectivity index (χ1) is 12.9. The van der Waals surface area contributed by atoms with E-state index >= 15 is 0 Å². The molecule has 1 heterocycles. The molecule has 0 saturated carbocycles. The molecule has 27 heavy (non-hydrogen) atoms. The molecule has 2 rings (SSSR count). The summed E-state index contributed by atoms with van der Waals surface area (Å²) in [7, 11) is 0. The molecule has 0 unspecified atom stereocenters. The number of benzene rings is 1. The van der Waals surface area contributed by atoms with Crippen LogP contribution in [0, 0.1) is 0 Å². The summed E-state index contributed by atoms with van der Waals surface area (Å²) in [5, 5.41) is 21.5. The van der Waals surface area contributed by atoms with Crippen molar-refractivity contribution in [3.05, 3.63) is 46.1 Å². The van der Waals surface area contributed by atoms with E-state index in [1.54, 1.807) is 0 Å². The number of phenolic OH excluding ortho intramolecular Hbond substituents is 2. The molecule has 1 aliphatic heterocycles. The number of aromatic hydroxyl groups is 2. The van der Waals surface area contributed by atoms with E-state index in [9.17, 15) is 10.2 Å². The number of aryl methyl sites for hydroxylation is 1. The predicted octanol–water partition coefficient (Wildman–Crippen LogP) is 6.18. The normalized spacial score (nSPS) is 14.9. The van der Waals surface area contributed by atoms with Crippen LogP contribution in [0.15, 0.2) is 29.4 Å². The van der Waals surface area contributed by atoms with E-state index in [0.717, 1.165) is 49.7 Å². The summed E-state index contributed by atoms with van der Waals surface area (Å²) in [4.78, 5) is 0. The molecule has 1 fully saturated rings. The number of unbranched alkanes of at least 4 members (excludes halogenated alkanes) is 2. The van der Waals surface area contributed by atoms with Crippen LogP contribution in [0.4, 0.5) is 0 Å². The van der Waals surface area contributed by atoms with Crippen LogP contribution < -0.4 is 0 Å². The van der Waals surface area contributed by atoms with Gasteiger partial charge in [-0.15, -0.1) is 0 Å². The van der Waals surface area contributed by atoms with Crippen molar-refractivity contribution in [2.45, 2.75) is 78.6 Å². The van der Waals surface area contributed by atoms with Crippen LogP contribution in [0.1, 0.15) is 82.4 Å². The largest absolute Gasteiger partial charge is 0.508 e. The minimum absolute atomic E-state index is 0.219. The quantitative estimate of drug-likeness (QED) is 0.381. The molecule has 0 bridgehead atoms. The molecule has 1 aromatic carbocycles. The van der Waals surface area contributed by atoms with Gasteiger partial charge >= 0.3 is 0 Å². The predicted molar refractivity (Wildman–Crippen MR) is 113 cm³/mol. The molecule has 1 saturated heterocycles. The summed E-state index contributed by atoms with van der Waals surface area (Å²) in [6.45, 7) is 9.86. The third kappa shape index (κ3) is 6.14. The Hall–Kier alpha value is -1.74. The molecule has 150 valence electrons. The minimum atomic E-state index is 0.219. The van der Waals surface area contributed by atoms with Crippen molar-refractivity contribution in [1.29, 1.82) is 0 Å². The van der Waals surface area contributed by atoms with Crippen LogP contribution in [0.3, 0.4) is 0 Å². The Kier molecular flexibility index (Phi) is 8.43. The van der Waals surface area contributed by atoms with Crippen molar-refractivity contribution < 1.29 is 14.9 Å². The third-order valence-electron chi connectivity index (χ3n) is 5.35. The summed E-state index contributed by atoms with van der Waals surface area (Å²) >= 11 is 0. The van der Waals surface area contributed by atoms with Gasteiger partial charge in [0.1, 0.15) is 11.5 Å². The lowest BCUT2D eigenvalue weighted by atomic mass is 9.86. The highest BCUT2D eigenvalue weighted by Gasteiger charge is 2.28. The first-order valence-corrected chi connectivity index (χ1v) is 10.4. The molecule has 3 heteroatoms. The van der Waals surface area contributed by atoms with Gasteiger partial charge in [0.25, 0.3) is 0 Å². The lowest BCUT2D eigenvalue weighted by Gasteiger charge is -2.30. The highest BCUT2D eigenvalue weighted by atomic mass is 16.5. The highest BCUT2D eigenvalue weighted by molar-refractivity contribution is 5.55. The van der Waals surface area contributed by atoms with Gasteiger partial charge in [-0.3, -0.25) is 0 Å². The molecule has 0 spiro atoms. The zero-order valence-electron chi connectivity index (χ0n) is 17.5. The fourth-order valence-electron chi connectivity index (χ4n) is 3.56. The van der Waals surface area contributed by atoms with Gasteiger partial charge in [-0.05, 0) is 64.5 Å². The number of allylic oxidation sites excluding steroid dienone is 4. The second kappa shape index (κ2) is 10.6. The molecular formula is C24H36O3. The van der Waals surface area contributed by atoms with Crippen LogP contribution in [0.5, 0.6) is 11.5 Å². The summed E-state index contributed by atoms with van der Waals surface area (Å²) < 4.78 is 5.37. The van der Waals surface area contributed by atoms with Crippen LogP contribution in [0.2, 0.25) is 0 Å². The molecule has 0 aromatic heterocycles. The Morgan fingerprint density at radius 3 is 2.48 bits per heavy atom. The maximum Gasteiger partial charge on any atom is 0.126 e. The fraction of sp³-hybridized carbons (Fsp3) is 0.583. The SMILES string of the molecule is CCCCCc1cc(O)c(C/C=C(\C)CCC=C(C)C)c(O)c1C1COC1. The van der Waals surface area contributed by atoms with Crippen LogP contribution in [-0.4, -0.2) is 23.4 Å². The maximum absolute atomic E-state index is 10.9. The molecule has 2 N–H and O–H groups in total. The molecule has 0 atom stereocenters. The highest BCUT2D eigenvalue weighted by Crippen LogP contribution is 2.41. The van der Waals surface area contributed by atoms with Crippen LogP contribution >= 0.6 is 0 Å². The van der Waals surface area contributed by atoms with Gasteiger partial charge < -0.3 is 14.9 Å². The Morgan fingerprint density at radius 1 is 1.15 bits per heavy atom. The zero-order chi connectivity index (χ0) is 19.8. The van der Waals surface area contributed by atoms with Gasteiger partial charge in [-0.1, -0.05) is 43.1 Å². The molecule has 0 amide bonds. The topological polar surface area (TPSA) is 49.7 Å². The zero-order valence-corrected chi connectivity index (χ0v) is 17.5. The van der Waals surface area contributed by atoms with Crippen LogP contribution in [-0.2, 0) is 17.6 Å². The number of hydrogen-bond donors (Lipinski definition) is 2. The lowest BCUT2D eigenvalue weighted by molar-refractivity contribution is 0.00709. The summed E-state index contributed by atoms with van der Waals surface area (Å²) in [6, 6.07) is 1.88. The van der Waals surface area contributed by atoms with Gasteiger partial charge in [0, 0.05) is 17.0 Å². The van der Waals surface area contributed by atoms with Crippen molar-refractivity contribution >= 4 is 0 Å². The first-order valence-electron chi connectivity index (χ1n) is 10.4. The van der Waals surface area contributed by atoms with Crippen molar-refractivity contribution in [3.63, 3.8) is 0 Å². The number of rotatable bonds is 10. The van der Waals surface area contributed by atoms with Gasteiger partial charge in [-0.2, -0.15) is 0 Å². The van der Waals surface area contributed by atoms with E-state index in [0.29, 0.717) is 25.2 Å². The third-order valence-corrected chi connectivity index (χ3v) is 5.35. The monoisotopic (exact) mass is 372 g/mol. The number of phenols is 2. The van der Waals surface area contributed by atoms with Crippen molar-refractivity contribution in [1.82, 2.24) is 0 Å². The first kappa shape index (κ1) is 21.6. The van der Waals surface area contributed by atoms with Crippen molar-refractivity contribution in [2.75, 3.05) is 13.2 Å². The van der Waals surface area contributed by atoms with E-state index in [1.165, 1.54) is 11.1 Å². The lowest BCUT2D eigenvalue weighted by Crippen LogP contribution is -2.26. The van der Waals surface area contributed by atoms with E-state index < -0.39 is 0 Å². The molecule has 3 nitrogen and oxygen atoms in total. The van der Waals surface area contributed by atoms with Gasteiger partial charge in [0.2, 0.25) is 0 Å². The standard InChI is InChI=1S/C24H36O3/c1-5-6-7-11-19-14-22(25)21(24(26)23(19)20-15-27-16-20)13-12-18(4)10-8-9-17(2)3/h9,12,14,20,25-26H,5-8,10-11,13,15-16H2,1-4H3/b18-12+. The summed E-state index contributed by atoms with van der Waals surface area (Å²) in [6.07, 6.45) is 11.3. The van der Waals surface area contributed by atoms with Gasteiger partial charge in [0.05, 0.1) is 13.2 Å². The number of hydrogen-bond acceptors (Lipinski definition) is 3. The average Bonchev–Trinajstić information content (AvgIpc) is 2.56. The Bertz CT molecular complexity index is 677. The van der Waals surface area contributed by atoms with Gasteiger partial charge in [0.15, 0.2) is 0 Å². The number of ether oxygens (including phenoxy) is 1. The molecule has 0 aliphatic carbocycles. The Balaban J connectivity index is 2.19. The Morgan fingerprint density at radius 2 is 1.89 bits per heavy atom. The van der Waals surface area contributed by atoms with E-state index in [-0.39, 0.29) is 17.4 Å². The average molecular weight is 373 g/mol. The molecular weight excluding hydrogens is 336 g/mol. The smallest absolute Gasteiger partial charge is 0.126 e. The van der Waals surface area contributed by atoms with E-state index in [4.69, 9.17) is 4.74 Å². The minimum Gasteiger partial charge on any atom is -0.508 e. The van der Waals surface area contributed by atoms with Crippen LogP contribution in [0.25, 0.3) is 0 Å². The van der Waals surface area contributed by atoms with E-state index in [1.807, 2.05) is 6.07 Å². The maximum atomic E-state index is 10.9. The summed E-state index contributed by atoms with van der Waals surface area (Å²) in [5.41, 5.74) is 5.36. The molecule has 0 radical (unpaired) electrons. The Labute approximate surface area is 164 Å². The fourth-order valence-corrected chi connectivity index (χ4v) is 3.56. The molecule has 1 aromatic rings. The second-order valence-electron chi connectivity index (χ2n) is 8.06. The van der Waals surface area contributed by atoms with Gasteiger partial charge in [-0.25, -0.2) is 0 Å². The van der Waals surface area contributed by atoms with Crippen molar-refractivity contribution in [3.8, 4) is 11.5 Å².